The second-order valence-corrected chi connectivity index (χ2v) is 4.53. The molecule has 1 N–H and O–H groups in total. The van der Waals surface area contributed by atoms with Gasteiger partial charge in [-0.2, -0.15) is 18.3 Å². The molecule has 98 valence electrons. The molecule has 1 aromatic rings. The third-order valence-corrected chi connectivity index (χ3v) is 3.22. The van der Waals surface area contributed by atoms with Gasteiger partial charge in [0.05, 0.1) is 12.3 Å². The minimum Gasteiger partial charge on any atom is -0.489 e. The molecule has 0 amide bonds. The van der Waals surface area contributed by atoms with Gasteiger partial charge < -0.3 is 9.84 Å². The number of nitrogens with zero attached hydrogens (tertiary/aromatic N) is 2. The molecule has 1 saturated carbocycles. The molecule has 2 atom stereocenters. The highest BCUT2D eigenvalue weighted by Gasteiger charge is 2.51. The van der Waals surface area contributed by atoms with Crippen molar-refractivity contribution in [3.05, 3.63) is 11.4 Å². The number of hydrogen-bond donors (Lipinski definition) is 1. The molecule has 18 heavy (non-hydrogen) atoms. The molecular formula is C10H9F3N2O3. The molecule has 1 aromatic heterocycles. The molecule has 1 aliphatic carbocycles. The van der Waals surface area contributed by atoms with Crippen LogP contribution < -0.4 is 4.74 Å². The van der Waals surface area contributed by atoms with E-state index in [-0.39, 0.29) is 29.9 Å². The summed E-state index contributed by atoms with van der Waals surface area (Å²) in [4.78, 5) is 10.7. The van der Waals surface area contributed by atoms with E-state index in [1.165, 1.54) is 0 Å². The second-order valence-electron chi connectivity index (χ2n) is 4.53. The quantitative estimate of drug-likeness (QED) is 0.876. The molecule has 0 spiro atoms. The van der Waals surface area contributed by atoms with Crippen molar-refractivity contribution in [2.24, 2.45) is 5.92 Å². The Bertz CT molecular complexity index is 523. The number of fused-ring (bicyclic) bond motifs is 3. The predicted octanol–water partition coefficient (Wildman–Crippen LogP) is 1.48. The van der Waals surface area contributed by atoms with Crippen LogP contribution in [0.25, 0.3) is 0 Å². The average molecular weight is 262 g/mol. The van der Waals surface area contributed by atoms with Crippen LogP contribution in [0.2, 0.25) is 0 Å². The van der Waals surface area contributed by atoms with Crippen molar-refractivity contribution in [2.75, 3.05) is 6.61 Å². The van der Waals surface area contributed by atoms with Crippen molar-refractivity contribution >= 4 is 5.97 Å². The third kappa shape index (κ3) is 1.63. The highest BCUT2D eigenvalue weighted by Crippen LogP contribution is 2.56. The van der Waals surface area contributed by atoms with Crippen LogP contribution in [0, 0.1) is 5.92 Å². The standard InChI is InChI=1S/C10H9F3N2O3/c11-10(12,13)9-8-7(5-1-4(5)3-18-8)15(14-9)2-6(16)17/h4-5H,1-3H2,(H,16,17)/t4?,5-/m1/s1. The summed E-state index contributed by atoms with van der Waals surface area (Å²) < 4.78 is 44.3. The number of halogens is 3. The summed E-state index contributed by atoms with van der Waals surface area (Å²) in [5.74, 6) is -1.36. The summed E-state index contributed by atoms with van der Waals surface area (Å²) in [6.45, 7) is -0.329. The van der Waals surface area contributed by atoms with Crippen molar-refractivity contribution < 1.29 is 27.8 Å². The van der Waals surface area contributed by atoms with Gasteiger partial charge in [-0.25, -0.2) is 0 Å². The number of aromatic nitrogens is 2. The molecule has 1 fully saturated rings. The molecule has 5 nitrogen and oxygen atoms in total. The van der Waals surface area contributed by atoms with Gasteiger partial charge in [0.1, 0.15) is 6.54 Å². The van der Waals surface area contributed by atoms with Gasteiger partial charge >= 0.3 is 12.1 Å². The minimum atomic E-state index is -4.63. The molecular weight excluding hydrogens is 253 g/mol. The first-order valence-electron chi connectivity index (χ1n) is 5.40. The highest BCUT2D eigenvalue weighted by atomic mass is 19.4. The van der Waals surface area contributed by atoms with Crippen LogP contribution in [0.3, 0.4) is 0 Å². The molecule has 3 rings (SSSR count). The van der Waals surface area contributed by atoms with Crippen molar-refractivity contribution in [3.8, 4) is 5.75 Å². The number of carboxylic acid groups (broad SMARTS) is 1. The smallest absolute Gasteiger partial charge is 0.438 e. The van der Waals surface area contributed by atoms with Crippen LogP contribution in [-0.4, -0.2) is 27.5 Å². The van der Waals surface area contributed by atoms with Crippen LogP contribution in [0.1, 0.15) is 23.7 Å². The molecule has 8 heteroatoms. The van der Waals surface area contributed by atoms with E-state index in [1.807, 2.05) is 0 Å². The zero-order valence-electron chi connectivity index (χ0n) is 9.07. The van der Waals surface area contributed by atoms with Gasteiger partial charge in [-0.15, -0.1) is 0 Å². The maximum Gasteiger partial charge on any atom is 0.438 e. The number of ether oxygens (including phenoxy) is 1. The Labute approximate surface area is 99.1 Å². The lowest BCUT2D eigenvalue weighted by Crippen LogP contribution is -2.15. The van der Waals surface area contributed by atoms with Crippen molar-refractivity contribution in [3.63, 3.8) is 0 Å². The Morgan fingerprint density at radius 3 is 2.89 bits per heavy atom. The number of carbonyl (C=O) groups is 1. The Morgan fingerprint density at radius 2 is 2.28 bits per heavy atom. The molecule has 2 heterocycles. The van der Waals surface area contributed by atoms with E-state index in [0.29, 0.717) is 0 Å². The first kappa shape index (κ1) is 11.4. The van der Waals surface area contributed by atoms with E-state index in [0.717, 1.165) is 11.1 Å². The van der Waals surface area contributed by atoms with Crippen molar-refractivity contribution in [1.82, 2.24) is 9.78 Å². The Hall–Kier alpha value is -1.73. The maximum atomic E-state index is 12.8. The summed E-state index contributed by atoms with van der Waals surface area (Å²) in [6.07, 6.45) is -3.90. The molecule has 0 saturated heterocycles. The summed E-state index contributed by atoms with van der Waals surface area (Å²) >= 11 is 0. The first-order chi connectivity index (χ1) is 8.38. The zero-order chi connectivity index (χ0) is 13.1. The van der Waals surface area contributed by atoms with Gasteiger partial charge in [0, 0.05) is 11.8 Å². The van der Waals surface area contributed by atoms with Gasteiger partial charge in [0.15, 0.2) is 5.75 Å². The molecule has 1 aliphatic heterocycles. The van der Waals surface area contributed by atoms with Crippen LogP contribution in [0.5, 0.6) is 5.75 Å². The van der Waals surface area contributed by atoms with Crippen LogP contribution in [0.4, 0.5) is 13.2 Å². The fourth-order valence-electron chi connectivity index (χ4n) is 2.35. The van der Waals surface area contributed by atoms with Crippen LogP contribution in [-0.2, 0) is 17.5 Å². The van der Waals surface area contributed by atoms with Gasteiger partial charge in [-0.1, -0.05) is 0 Å². The number of carboxylic acids is 1. The van der Waals surface area contributed by atoms with Gasteiger partial charge in [0.2, 0.25) is 5.69 Å². The Kier molecular flexibility index (Phi) is 2.14. The molecule has 0 aromatic carbocycles. The Morgan fingerprint density at radius 1 is 1.56 bits per heavy atom. The van der Waals surface area contributed by atoms with E-state index >= 15 is 0 Å². The van der Waals surface area contributed by atoms with E-state index in [1.54, 1.807) is 0 Å². The summed E-state index contributed by atoms with van der Waals surface area (Å²) in [5, 5.41) is 12.1. The van der Waals surface area contributed by atoms with E-state index in [9.17, 15) is 18.0 Å². The fourth-order valence-corrected chi connectivity index (χ4v) is 2.35. The maximum absolute atomic E-state index is 12.8. The van der Waals surface area contributed by atoms with Gasteiger partial charge in [-0.3, -0.25) is 9.48 Å². The molecule has 0 radical (unpaired) electrons. The lowest BCUT2D eigenvalue weighted by Gasteiger charge is -2.15. The number of rotatable bonds is 2. The average Bonchev–Trinajstić information content (AvgIpc) is 2.92. The number of aliphatic carboxylic acids is 1. The first-order valence-corrected chi connectivity index (χ1v) is 5.40. The SMILES string of the molecule is O=C(O)Cn1nc(C(F)(F)F)c2c1[C@@H]1CC1CO2. The van der Waals surface area contributed by atoms with Crippen LogP contribution >= 0.6 is 0 Å². The summed E-state index contributed by atoms with van der Waals surface area (Å²) in [5.41, 5.74) is -0.843. The molecule has 0 bridgehead atoms. The van der Waals surface area contributed by atoms with E-state index < -0.39 is 24.4 Å². The second kappa shape index (κ2) is 3.39. The number of hydrogen-bond acceptors (Lipinski definition) is 3. The summed E-state index contributed by atoms with van der Waals surface area (Å²) in [6, 6.07) is 0. The fraction of sp³-hybridized carbons (Fsp3) is 0.600. The largest absolute Gasteiger partial charge is 0.489 e. The zero-order valence-corrected chi connectivity index (χ0v) is 9.07. The van der Waals surface area contributed by atoms with E-state index in [2.05, 4.69) is 5.10 Å². The van der Waals surface area contributed by atoms with E-state index in [4.69, 9.17) is 9.84 Å². The molecule has 2 aliphatic rings. The number of alkyl halides is 3. The Balaban J connectivity index is 2.10. The van der Waals surface area contributed by atoms with Gasteiger partial charge in [0.25, 0.3) is 0 Å². The van der Waals surface area contributed by atoms with Gasteiger partial charge in [-0.05, 0) is 6.42 Å². The van der Waals surface area contributed by atoms with Crippen LogP contribution in [0.15, 0.2) is 0 Å². The van der Waals surface area contributed by atoms with Crippen molar-refractivity contribution in [2.45, 2.75) is 25.1 Å². The normalized spacial score (nSPS) is 25.1. The monoisotopic (exact) mass is 262 g/mol. The highest BCUT2D eigenvalue weighted by molar-refractivity contribution is 5.67. The lowest BCUT2D eigenvalue weighted by atomic mass is 10.1. The molecule has 1 unspecified atom stereocenters. The van der Waals surface area contributed by atoms with Crippen molar-refractivity contribution in [1.29, 1.82) is 0 Å². The third-order valence-electron chi connectivity index (χ3n) is 3.22. The summed E-state index contributed by atoms with van der Waals surface area (Å²) in [7, 11) is 0. The predicted molar refractivity (Wildman–Crippen MR) is 51.2 cm³/mol. The topological polar surface area (TPSA) is 64.3 Å². The minimum absolute atomic E-state index is 0.0447. The lowest BCUT2D eigenvalue weighted by molar-refractivity contribution is -0.144.